The molecule has 8 aromatic carbocycles. The number of fused-ring (bicyclic) bond motifs is 2. The normalized spacial score (nSPS) is 13.6. The Morgan fingerprint density at radius 2 is 1.04 bits per heavy atom. The maximum absolute atomic E-state index is 9.61. The summed E-state index contributed by atoms with van der Waals surface area (Å²) >= 11 is 0. The first-order valence-corrected chi connectivity index (χ1v) is 14.8. The van der Waals surface area contributed by atoms with Gasteiger partial charge in [0, 0.05) is 17.1 Å². The summed E-state index contributed by atoms with van der Waals surface area (Å²) in [6.45, 7) is 0. The van der Waals surface area contributed by atoms with Crippen molar-refractivity contribution in [2.24, 2.45) is 0 Å². The quantitative estimate of drug-likeness (QED) is 0.189. The van der Waals surface area contributed by atoms with Crippen LogP contribution in [0.3, 0.4) is 0 Å². The molecule has 0 aliphatic carbocycles. The number of anilines is 3. The zero-order valence-electron chi connectivity index (χ0n) is 32.2. The van der Waals surface area contributed by atoms with E-state index in [0.717, 1.165) is 32.7 Å². The van der Waals surface area contributed by atoms with E-state index >= 15 is 0 Å². The average Bonchev–Trinajstić information content (AvgIpc) is 3.19. The molecular weight excluding hydrogens is 542 g/mol. The standard InChI is InChI=1S/C44H31N/c1-2-10-32(11-3-1)34-22-26-40(27-23-34)45(41-28-24-36(25-29-41)44-19-9-15-35-13-6-7-18-43(35)44)42-17-8-16-38(31-42)39-21-20-33-12-4-5-14-37(33)30-39/h1-31H/i8D,16D,17D,24D,25D,28D,29D,31D. The second kappa shape index (κ2) is 11.6. The fourth-order valence-electron chi connectivity index (χ4n) is 5.73. The van der Waals surface area contributed by atoms with Crippen LogP contribution in [0.2, 0.25) is 0 Å². The number of benzene rings is 8. The smallest absolute Gasteiger partial charge is 0.0651 e. The molecule has 0 fully saturated rings. The summed E-state index contributed by atoms with van der Waals surface area (Å²) in [7, 11) is 0. The molecule has 0 bridgehead atoms. The van der Waals surface area contributed by atoms with Crippen LogP contribution in [0, 0.1) is 0 Å². The van der Waals surface area contributed by atoms with Crippen molar-refractivity contribution >= 4 is 38.6 Å². The molecule has 0 atom stereocenters. The van der Waals surface area contributed by atoms with Crippen LogP contribution in [-0.4, -0.2) is 0 Å². The van der Waals surface area contributed by atoms with E-state index in [1.165, 1.54) is 4.90 Å². The maximum atomic E-state index is 9.61. The molecule has 0 heterocycles. The predicted molar refractivity (Wildman–Crippen MR) is 192 cm³/mol. The van der Waals surface area contributed by atoms with Gasteiger partial charge < -0.3 is 4.90 Å². The molecule has 0 N–H and O–H groups in total. The van der Waals surface area contributed by atoms with Gasteiger partial charge in [-0.05, 0) is 97.3 Å². The molecule has 0 aliphatic heterocycles. The minimum atomic E-state index is -0.438. The Balaban J connectivity index is 1.41. The van der Waals surface area contributed by atoms with E-state index in [9.17, 15) is 8.22 Å². The van der Waals surface area contributed by atoms with Crippen LogP contribution >= 0.6 is 0 Å². The van der Waals surface area contributed by atoms with Gasteiger partial charge in [-0.3, -0.25) is 0 Å². The van der Waals surface area contributed by atoms with Crippen molar-refractivity contribution in [3.05, 3.63) is 188 Å². The Labute approximate surface area is 275 Å². The van der Waals surface area contributed by atoms with Crippen molar-refractivity contribution < 1.29 is 11.0 Å². The lowest BCUT2D eigenvalue weighted by Gasteiger charge is -2.26. The fourth-order valence-corrected chi connectivity index (χ4v) is 5.73. The van der Waals surface area contributed by atoms with E-state index in [4.69, 9.17) is 2.74 Å². The molecule has 0 spiro atoms. The van der Waals surface area contributed by atoms with Crippen molar-refractivity contribution in [3.63, 3.8) is 0 Å². The van der Waals surface area contributed by atoms with E-state index in [1.54, 1.807) is 24.3 Å². The van der Waals surface area contributed by atoms with E-state index in [0.29, 0.717) is 16.8 Å². The Morgan fingerprint density at radius 1 is 0.378 bits per heavy atom. The lowest BCUT2D eigenvalue weighted by atomic mass is 9.98. The van der Waals surface area contributed by atoms with Gasteiger partial charge in [0.2, 0.25) is 0 Å². The van der Waals surface area contributed by atoms with E-state index in [2.05, 4.69) is 0 Å². The summed E-state index contributed by atoms with van der Waals surface area (Å²) in [4.78, 5) is 1.38. The van der Waals surface area contributed by atoms with Gasteiger partial charge in [-0.25, -0.2) is 0 Å². The Hall–Kier alpha value is -5.92. The second-order valence-corrected chi connectivity index (χ2v) is 10.8. The lowest BCUT2D eigenvalue weighted by Crippen LogP contribution is -2.10. The lowest BCUT2D eigenvalue weighted by molar-refractivity contribution is 1.28. The molecule has 8 aromatic rings. The first kappa shape index (κ1) is 19.4. The molecule has 1 heteroatoms. The minimum Gasteiger partial charge on any atom is -0.310 e. The minimum absolute atomic E-state index is 0.125. The zero-order chi connectivity index (χ0) is 37.0. The van der Waals surface area contributed by atoms with Gasteiger partial charge in [-0.2, -0.15) is 0 Å². The number of hydrogen-bond acceptors (Lipinski definition) is 1. The number of nitrogens with zero attached hydrogens (tertiary/aromatic N) is 1. The van der Waals surface area contributed by atoms with Gasteiger partial charge >= 0.3 is 0 Å². The Bertz CT molecular complexity index is 2680. The van der Waals surface area contributed by atoms with Crippen molar-refractivity contribution in [1.82, 2.24) is 0 Å². The number of rotatable bonds is 6. The molecule has 212 valence electrons. The molecule has 8 rings (SSSR count). The predicted octanol–water partition coefficient (Wildman–Crippen LogP) is 12.5. The third-order valence-electron chi connectivity index (χ3n) is 8.00. The van der Waals surface area contributed by atoms with Gasteiger partial charge in [-0.1, -0.05) is 145 Å². The van der Waals surface area contributed by atoms with Crippen LogP contribution in [0.25, 0.3) is 54.9 Å². The third kappa shape index (κ3) is 5.26. The fraction of sp³-hybridized carbons (Fsp3) is 0. The largest absolute Gasteiger partial charge is 0.310 e. The van der Waals surface area contributed by atoms with Gasteiger partial charge in [-0.15, -0.1) is 0 Å². The SMILES string of the molecule is [2H]c1c([2H])c(-c2ccc3ccccc3c2)c([2H])c(N(c2ccc(-c3ccccc3)cc2)c2c([2H])c([2H])c(-c3cccc4ccccc34)c([2H])c2[2H])c1[2H]. The molecule has 0 saturated carbocycles. The van der Waals surface area contributed by atoms with E-state index in [1.807, 2.05) is 115 Å². The summed E-state index contributed by atoms with van der Waals surface area (Å²) in [6, 6.07) is 40.6. The van der Waals surface area contributed by atoms with Crippen LogP contribution in [0.4, 0.5) is 17.1 Å². The molecular formula is C44H31N. The third-order valence-corrected chi connectivity index (χ3v) is 8.00. The highest BCUT2D eigenvalue weighted by Crippen LogP contribution is 2.39. The first-order valence-electron chi connectivity index (χ1n) is 18.8. The van der Waals surface area contributed by atoms with Gasteiger partial charge in [0.05, 0.1) is 11.0 Å². The summed E-state index contributed by atoms with van der Waals surface area (Å²) in [5.41, 5.74) is 3.25. The van der Waals surface area contributed by atoms with Gasteiger partial charge in [0.15, 0.2) is 0 Å². The highest BCUT2D eigenvalue weighted by molar-refractivity contribution is 5.97. The average molecular weight is 582 g/mol. The molecule has 45 heavy (non-hydrogen) atoms. The zero-order valence-corrected chi connectivity index (χ0v) is 24.2. The van der Waals surface area contributed by atoms with Crippen molar-refractivity contribution in [2.45, 2.75) is 0 Å². The first-order chi connectivity index (χ1) is 25.7. The molecule has 0 aliphatic rings. The van der Waals surface area contributed by atoms with Crippen LogP contribution in [0.1, 0.15) is 11.0 Å². The van der Waals surface area contributed by atoms with Crippen molar-refractivity contribution in [3.8, 4) is 33.4 Å². The summed E-state index contributed by atoms with van der Waals surface area (Å²) in [5.74, 6) is 0. The van der Waals surface area contributed by atoms with Gasteiger partial charge in [0.1, 0.15) is 0 Å². The molecule has 0 amide bonds. The maximum Gasteiger partial charge on any atom is 0.0651 e. The van der Waals surface area contributed by atoms with Crippen LogP contribution in [0.15, 0.2) is 188 Å². The molecule has 0 radical (unpaired) electrons. The van der Waals surface area contributed by atoms with Crippen molar-refractivity contribution in [2.75, 3.05) is 4.90 Å². The van der Waals surface area contributed by atoms with Crippen LogP contribution in [0.5, 0.6) is 0 Å². The molecule has 0 unspecified atom stereocenters. The summed E-state index contributed by atoms with van der Waals surface area (Å²) < 4.78 is 74.2. The highest BCUT2D eigenvalue weighted by Gasteiger charge is 2.15. The second-order valence-electron chi connectivity index (χ2n) is 10.8. The van der Waals surface area contributed by atoms with Crippen LogP contribution < -0.4 is 4.90 Å². The van der Waals surface area contributed by atoms with Gasteiger partial charge in [0.25, 0.3) is 0 Å². The van der Waals surface area contributed by atoms with Crippen LogP contribution in [-0.2, 0) is 0 Å². The molecule has 1 nitrogen and oxygen atoms in total. The summed E-state index contributed by atoms with van der Waals surface area (Å²) in [5, 5.41) is 3.52. The van der Waals surface area contributed by atoms with E-state index < -0.39 is 12.1 Å². The van der Waals surface area contributed by atoms with Crippen molar-refractivity contribution in [1.29, 1.82) is 0 Å². The Morgan fingerprint density at radius 3 is 1.87 bits per heavy atom. The summed E-state index contributed by atoms with van der Waals surface area (Å²) in [6.07, 6.45) is 0. The Kier molecular flexibility index (Phi) is 5.01. The number of hydrogen-bond donors (Lipinski definition) is 0. The van der Waals surface area contributed by atoms with E-state index in [-0.39, 0.29) is 58.8 Å². The monoisotopic (exact) mass is 581 g/mol. The highest BCUT2D eigenvalue weighted by atomic mass is 15.1. The molecule has 0 aromatic heterocycles. The topological polar surface area (TPSA) is 3.24 Å². The molecule has 0 saturated heterocycles.